The quantitative estimate of drug-likeness (QED) is 0.827. The van der Waals surface area contributed by atoms with E-state index in [-0.39, 0.29) is 11.2 Å². The van der Waals surface area contributed by atoms with Crippen molar-refractivity contribution in [2.45, 2.75) is 23.8 Å². The second kappa shape index (κ2) is 7.45. The zero-order chi connectivity index (χ0) is 15.1. The molecule has 1 N–H and O–H groups in total. The molecule has 7 heteroatoms. The SMILES string of the molecule is C[C@@H](Sc1ncn[nH]1)C(=O)N(CCC#N)c1ccccc1. The molecule has 1 aromatic heterocycles. The summed E-state index contributed by atoms with van der Waals surface area (Å²) in [5.74, 6) is -0.0575. The molecule has 0 radical (unpaired) electrons. The summed E-state index contributed by atoms with van der Waals surface area (Å²) in [5, 5.41) is 15.5. The molecule has 1 heterocycles. The molecule has 0 aliphatic carbocycles. The molecule has 0 unspecified atom stereocenters. The van der Waals surface area contributed by atoms with Crippen molar-refractivity contribution in [2.24, 2.45) is 0 Å². The largest absolute Gasteiger partial charge is 0.310 e. The van der Waals surface area contributed by atoms with Gasteiger partial charge in [-0.05, 0) is 19.1 Å². The summed E-state index contributed by atoms with van der Waals surface area (Å²) in [7, 11) is 0. The Morgan fingerprint density at radius 3 is 2.86 bits per heavy atom. The summed E-state index contributed by atoms with van der Waals surface area (Å²) >= 11 is 1.31. The normalized spacial score (nSPS) is 11.6. The van der Waals surface area contributed by atoms with Crippen LogP contribution in [0.4, 0.5) is 5.69 Å². The van der Waals surface area contributed by atoms with Crippen LogP contribution in [-0.2, 0) is 4.79 Å². The van der Waals surface area contributed by atoms with Gasteiger partial charge < -0.3 is 4.90 Å². The summed E-state index contributed by atoms with van der Waals surface area (Å²) in [4.78, 5) is 18.3. The van der Waals surface area contributed by atoms with E-state index >= 15 is 0 Å². The number of nitrogens with one attached hydrogen (secondary N) is 1. The first-order valence-electron chi connectivity index (χ1n) is 6.47. The molecule has 21 heavy (non-hydrogen) atoms. The number of carbonyl (C=O) groups excluding carboxylic acids is 1. The monoisotopic (exact) mass is 301 g/mol. The van der Waals surface area contributed by atoms with Gasteiger partial charge in [0, 0.05) is 12.2 Å². The van der Waals surface area contributed by atoms with E-state index in [4.69, 9.17) is 5.26 Å². The number of benzene rings is 1. The molecule has 6 nitrogen and oxygen atoms in total. The van der Waals surface area contributed by atoms with Crippen molar-refractivity contribution in [3.63, 3.8) is 0 Å². The zero-order valence-electron chi connectivity index (χ0n) is 11.6. The summed E-state index contributed by atoms with van der Waals surface area (Å²) < 4.78 is 0. The van der Waals surface area contributed by atoms with E-state index in [1.807, 2.05) is 37.3 Å². The van der Waals surface area contributed by atoms with Crippen LogP contribution >= 0.6 is 11.8 Å². The Balaban J connectivity index is 2.12. The van der Waals surface area contributed by atoms with E-state index < -0.39 is 0 Å². The van der Waals surface area contributed by atoms with Crippen LogP contribution in [0.2, 0.25) is 0 Å². The lowest BCUT2D eigenvalue weighted by Crippen LogP contribution is -2.37. The number of rotatable bonds is 6. The lowest BCUT2D eigenvalue weighted by atomic mass is 10.2. The van der Waals surface area contributed by atoms with E-state index in [1.54, 1.807) is 4.90 Å². The van der Waals surface area contributed by atoms with E-state index in [0.29, 0.717) is 18.1 Å². The highest BCUT2D eigenvalue weighted by molar-refractivity contribution is 8.00. The van der Waals surface area contributed by atoms with Crippen LogP contribution in [0.25, 0.3) is 0 Å². The van der Waals surface area contributed by atoms with Crippen molar-refractivity contribution in [3.05, 3.63) is 36.7 Å². The van der Waals surface area contributed by atoms with Gasteiger partial charge >= 0.3 is 0 Å². The number of nitrogens with zero attached hydrogens (tertiary/aromatic N) is 4. The minimum atomic E-state index is -0.322. The summed E-state index contributed by atoms with van der Waals surface area (Å²) in [5.41, 5.74) is 0.794. The Hall–Kier alpha value is -2.33. The predicted molar refractivity (Wildman–Crippen MR) is 80.7 cm³/mol. The Labute approximate surface area is 127 Å². The van der Waals surface area contributed by atoms with Gasteiger partial charge in [0.2, 0.25) is 5.91 Å². The van der Waals surface area contributed by atoms with Crippen LogP contribution in [0.3, 0.4) is 0 Å². The molecule has 0 spiro atoms. The number of carbonyl (C=O) groups is 1. The first-order valence-corrected chi connectivity index (χ1v) is 7.35. The van der Waals surface area contributed by atoms with Gasteiger partial charge in [-0.25, -0.2) is 4.98 Å². The van der Waals surface area contributed by atoms with Gasteiger partial charge in [-0.15, -0.1) is 0 Å². The number of amides is 1. The third kappa shape index (κ3) is 4.07. The first-order chi connectivity index (χ1) is 10.2. The molecule has 0 saturated heterocycles. The molecule has 108 valence electrons. The van der Waals surface area contributed by atoms with Crippen LogP contribution in [0.15, 0.2) is 41.8 Å². The number of para-hydroxylation sites is 1. The number of hydrogen-bond donors (Lipinski definition) is 1. The van der Waals surface area contributed by atoms with Gasteiger partial charge in [0.1, 0.15) is 6.33 Å². The third-order valence-corrected chi connectivity index (χ3v) is 3.79. The van der Waals surface area contributed by atoms with Gasteiger partial charge in [0.05, 0.1) is 17.7 Å². The molecule has 2 aromatic rings. The smallest absolute Gasteiger partial charge is 0.240 e. The highest BCUT2D eigenvalue weighted by Crippen LogP contribution is 2.23. The van der Waals surface area contributed by atoms with Gasteiger partial charge in [-0.3, -0.25) is 9.89 Å². The number of hydrogen-bond acceptors (Lipinski definition) is 5. The lowest BCUT2D eigenvalue weighted by Gasteiger charge is -2.24. The van der Waals surface area contributed by atoms with Gasteiger partial charge in [0.25, 0.3) is 0 Å². The molecule has 1 aromatic carbocycles. The van der Waals surface area contributed by atoms with Crippen LogP contribution in [0, 0.1) is 11.3 Å². The van der Waals surface area contributed by atoms with Crippen LogP contribution in [0.1, 0.15) is 13.3 Å². The van der Waals surface area contributed by atoms with Gasteiger partial charge in [-0.2, -0.15) is 10.4 Å². The van der Waals surface area contributed by atoms with Crippen molar-refractivity contribution in [3.8, 4) is 6.07 Å². The van der Waals surface area contributed by atoms with Crippen molar-refractivity contribution in [1.29, 1.82) is 5.26 Å². The second-order valence-corrected chi connectivity index (χ2v) is 5.61. The van der Waals surface area contributed by atoms with Crippen LogP contribution < -0.4 is 4.90 Å². The minimum Gasteiger partial charge on any atom is -0.310 e. The standard InChI is InChI=1S/C14H15N5OS/c1-11(21-14-16-10-17-18-14)13(20)19(9-5-8-15)12-6-3-2-4-7-12/h2-4,6-7,10-11H,5,9H2,1H3,(H,16,17,18)/t11-/m1/s1. The van der Waals surface area contributed by atoms with E-state index in [0.717, 1.165) is 5.69 Å². The van der Waals surface area contributed by atoms with Crippen molar-refractivity contribution in [2.75, 3.05) is 11.4 Å². The number of aromatic nitrogens is 3. The molecule has 0 bridgehead atoms. The molecule has 0 saturated carbocycles. The van der Waals surface area contributed by atoms with Crippen LogP contribution in [0.5, 0.6) is 0 Å². The molecule has 1 amide bonds. The molecule has 0 aliphatic heterocycles. The van der Waals surface area contributed by atoms with E-state index in [1.165, 1.54) is 18.1 Å². The molecular weight excluding hydrogens is 286 g/mol. The lowest BCUT2D eigenvalue weighted by molar-refractivity contribution is -0.117. The van der Waals surface area contributed by atoms with Crippen molar-refractivity contribution < 1.29 is 4.79 Å². The highest BCUT2D eigenvalue weighted by Gasteiger charge is 2.23. The third-order valence-electron chi connectivity index (χ3n) is 2.81. The molecule has 0 aliphatic rings. The number of nitriles is 1. The number of H-pyrrole nitrogens is 1. The topological polar surface area (TPSA) is 85.7 Å². The fourth-order valence-corrected chi connectivity index (χ4v) is 2.60. The molecular formula is C14H15N5OS. The van der Waals surface area contributed by atoms with Gasteiger partial charge in [0.15, 0.2) is 5.16 Å². The first kappa shape index (κ1) is 15.1. The Morgan fingerprint density at radius 2 is 2.24 bits per heavy atom. The van der Waals surface area contributed by atoms with Crippen molar-refractivity contribution in [1.82, 2.24) is 15.2 Å². The van der Waals surface area contributed by atoms with E-state index in [9.17, 15) is 4.79 Å². The fraction of sp³-hybridized carbons (Fsp3) is 0.286. The van der Waals surface area contributed by atoms with Crippen molar-refractivity contribution >= 4 is 23.4 Å². The van der Waals surface area contributed by atoms with E-state index in [2.05, 4.69) is 21.3 Å². The van der Waals surface area contributed by atoms with Crippen LogP contribution in [-0.4, -0.2) is 32.9 Å². The average molecular weight is 301 g/mol. The average Bonchev–Trinajstić information content (AvgIpc) is 3.01. The fourth-order valence-electron chi connectivity index (χ4n) is 1.82. The maximum Gasteiger partial charge on any atom is 0.240 e. The second-order valence-electron chi connectivity index (χ2n) is 4.28. The zero-order valence-corrected chi connectivity index (χ0v) is 12.4. The number of aromatic amines is 1. The maximum atomic E-state index is 12.6. The summed E-state index contributed by atoms with van der Waals surface area (Å²) in [6.07, 6.45) is 1.70. The number of thioether (sulfide) groups is 1. The molecule has 0 fully saturated rings. The maximum absolute atomic E-state index is 12.6. The molecule has 1 atom stereocenters. The van der Waals surface area contributed by atoms with Gasteiger partial charge in [-0.1, -0.05) is 30.0 Å². The molecule has 2 rings (SSSR count). The minimum absolute atomic E-state index is 0.0575. The Bertz CT molecular complexity index is 608. The highest BCUT2D eigenvalue weighted by atomic mass is 32.2. The Kier molecular flexibility index (Phi) is 5.35. The summed E-state index contributed by atoms with van der Waals surface area (Å²) in [6.45, 7) is 2.19. The predicted octanol–water partition coefficient (Wildman–Crippen LogP) is 2.23. The summed E-state index contributed by atoms with van der Waals surface area (Å²) in [6, 6.07) is 11.4. The Morgan fingerprint density at radius 1 is 1.48 bits per heavy atom. The number of anilines is 1.